The highest BCUT2D eigenvalue weighted by molar-refractivity contribution is 7.09. The van der Waals surface area contributed by atoms with E-state index in [-0.39, 0.29) is 5.91 Å². The molecule has 0 radical (unpaired) electrons. The first-order valence-electron chi connectivity index (χ1n) is 7.69. The summed E-state index contributed by atoms with van der Waals surface area (Å²) >= 11 is 1.68. The van der Waals surface area contributed by atoms with Gasteiger partial charge in [0.25, 0.3) is 0 Å². The normalized spacial score (nSPS) is 10.4. The molecule has 0 spiro atoms. The van der Waals surface area contributed by atoms with E-state index >= 15 is 0 Å². The van der Waals surface area contributed by atoms with E-state index in [2.05, 4.69) is 6.07 Å². The van der Waals surface area contributed by atoms with Gasteiger partial charge in [-0.05, 0) is 35.6 Å². The van der Waals surface area contributed by atoms with Gasteiger partial charge in [-0.1, -0.05) is 19.1 Å². The summed E-state index contributed by atoms with van der Waals surface area (Å²) in [7, 11) is 3.26. The fourth-order valence-electron chi connectivity index (χ4n) is 2.41. The molecule has 0 aliphatic carbocycles. The Kier molecular flexibility index (Phi) is 6.47. The van der Waals surface area contributed by atoms with Gasteiger partial charge >= 0.3 is 0 Å². The second-order valence-corrected chi connectivity index (χ2v) is 6.22. The zero-order valence-electron chi connectivity index (χ0n) is 13.9. The lowest BCUT2D eigenvalue weighted by Crippen LogP contribution is -2.31. The van der Waals surface area contributed by atoms with Crippen LogP contribution in [0.25, 0.3) is 0 Å². The van der Waals surface area contributed by atoms with Crippen molar-refractivity contribution in [1.29, 1.82) is 0 Å². The SMILES string of the molecule is CCC(=O)N(CCc1ccc(OC)c(OC)c1)Cc1cccs1. The minimum Gasteiger partial charge on any atom is -0.493 e. The van der Waals surface area contributed by atoms with Crippen LogP contribution in [-0.4, -0.2) is 31.6 Å². The van der Waals surface area contributed by atoms with Crippen LogP contribution < -0.4 is 9.47 Å². The number of carbonyl (C=O) groups is 1. The summed E-state index contributed by atoms with van der Waals surface area (Å²) in [4.78, 5) is 15.3. The quantitative estimate of drug-likeness (QED) is 0.738. The smallest absolute Gasteiger partial charge is 0.222 e. The molecule has 1 aromatic carbocycles. The first kappa shape index (κ1) is 17.3. The number of nitrogens with zero attached hydrogens (tertiary/aromatic N) is 1. The molecule has 2 rings (SSSR count). The Bertz CT molecular complexity index is 625. The van der Waals surface area contributed by atoms with Gasteiger partial charge in [-0.25, -0.2) is 0 Å². The Morgan fingerprint density at radius 2 is 1.96 bits per heavy atom. The van der Waals surface area contributed by atoms with E-state index in [1.54, 1.807) is 25.6 Å². The Labute approximate surface area is 141 Å². The van der Waals surface area contributed by atoms with Gasteiger partial charge in [-0.2, -0.15) is 0 Å². The molecule has 0 atom stereocenters. The summed E-state index contributed by atoms with van der Waals surface area (Å²) < 4.78 is 10.6. The lowest BCUT2D eigenvalue weighted by Gasteiger charge is -2.22. The number of hydrogen-bond acceptors (Lipinski definition) is 4. The third kappa shape index (κ3) is 4.73. The van der Waals surface area contributed by atoms with E-state index in [9.17, 15) is 4.79 Å². The van der Waals surface area contributed by atoms with Crippen molar-refractivity contribution in [2.45, 2.75) is 26.3 Å². The number of amides is 1. The molecule has 5 heteroatoms. The molecule has 0 N–H and O–H groups in total. The van der Waals surface area contributed by atoms with Crippen LogP contribution in [-0.2, 0) is 17.8 Å². The summed E-state index contributed by atoms with van der Waals surface area (Å²) in [6.45, 7) is 3.28. The molecule has 0 aliphatic heterocycles. The fourth-order valence-corrected chi connectivity index (χ4v) is 3.13. The predicted molar refractivity (Wildman–Crippen MR) is 93.3 cm³/mol. The monoisotopic (exact) mass is 333 g/mol. The predicted octanol–water partition coefficient (Wildman–Crippen LogP) is 3.75. The molecule has 0 saturated carbocycles. The standard InChI is InChI=1S/C18H23NO3S/c1-4-18(20)19(13-15-6-5-11-23-15)10-9-14-7-8-16(21-2)17(12-14)22-3/h5-8,11-12H,4,9-10,13H2,1-3H3. The first-order valence-corrected chi connectivity index (χ1v) is 8.57. The van der Waals surface area contributed by atoms with Crippen LogP contribution in [0.2, 0.25) is 0 Å². The van der Waals surface area contributed by atoms with Gasteiger partial charge in [0.15, 0.2) is 11.5 Å². The molecule has 0 saturated heterocycles. The van der Waals surface area contributed by atoms with Crippen molar-refractivity contribution in [3.63, 3.8) is 0 Å². The maximum atomic E-state index is 12.2. The molecule has 0 bridgehead atoms. The highest BCUT2D eigenvalue weighted by Crippen LogP contribution is 2.27. The molecule has 1 heterocycles. The lowest BCUT2D eigenvalue weighted by molar-refractivity contribution is -0.131. The topological polar surface area (TPSA) is 38.8 Å². The van der Waals surface area contributed by atoms with Crippen LogP contribution in [0, 0.1) is 0 Å². The lowest BCUT2D eigenvalue weighted by atomic mass is 10.1. The van der Waals surface area contributed by atoms with E-state index in [0.717, 1.165) is 23.5 Å². The average molecular weight is 333 g/mol. The number of thiophene rings is 1. The van der Waals surface area contributed by atoms with Gasteiger partial charge < -0.3 is 14.4 Å². The molecule has 4 nitrogen and oxygen atoms in total. The van der Waals surface area contributed by atoms with Gasteiger partial charge in [0.1, 0.15) is 0 Å². The van der Waals surface area contributed by atoms with Crippen LogP contribution in [0.3, 0.4) is 0 Å². The first-order chi connectivity index (χ1) is 11.2. The number of hydrogen-bond donors (Lipinski definition) is 0. The van der Waals surface area contributed by atoms with Crippen molar-refractivity contribution in [1.82, 2.24) is 4.90 Å². The zero-order chi connectivity index (χ0) is 16.7. The Hall–Kier alpha value is -2.01. The minimum absolute atomic E-state index is 0.180. The van der Waals surface area contributed by atoms with Crippen molar-refractivity contribution in [3.05, 3.63) is 46.2 Å². The van der Waals surface area contributed by atoms with E-state index in [4.69, 9.17) is 9.47 Å². The number of rotatable bonds is 8. The molecule has 2 aromatic rings. The van der Waals surface area contributed by atoms with E-state index < -0.39 is 0 Å². The molecule has 1 aromatic heterocycles. The number of methoxy groups -OCH3 is 2. The molecular weight excluding hydrogens is 310 g/mol. The second-order valence-electron chi connectivity index (χ2n) is 5.19. The Morgan fingerprint density at radius 3 is 2.57 bits per heavy atom. The third-order valence-corrected chi connectivity index (χ3v) is 4.56. The van der Waals surface area contributed by atoms with Gasteiger partial charge in [0.05, 0.1) is 20.8 Å². The number of benzene rings is 1. The van der Waals surface area contributed by atoms with E-state index in [1.165, 1.54) is 4.88 Å². The van der Waals surface area contributed by atoms with E-state index in [1.807, 2.05) is 41.5 Å². The average Bonchev–Trinajstić information content (AvgIpc) is 3.10. The van der Waals surface area contributed by atoms with Gasteiger partial charge in [-0.15, -0.1) is 11.3 Å². The summed E-state index contributed by atoms with van der Waals surface area (Å²) in [5.74, 6) is 1.62. The van der Waals surface area contributed by atoms with Crippen molar-refractivity contribution in [3.8, 4) is 11.5 Å². The molecule has 124 valence electrons. The van der Waals surface area contributed by atoms with Crippen LogP contribution in [0.5, 0.6) is 11.5 Å². The summed E-state index contributed by atoms with van der Waals surface area (Å²) in [5.41, 5.74) is 1.13. The minimum atomic E-state index is 0.180. The Balaban J connectivity index is 2.04. The molecule has 0 aliphatic rings. The zero-order valence-corrected chi connectivity index (χ0v) is 14.7. The summed E-state index contributed by atoms with van der Waals surface area (Å²) in [5, 5.41) is 2.04. The molecule has 23 heavy (non-hydrogen) atoms. The number of carbonyl (C=O) groups excluding carboxylic acids is 1. The van der Waals surface area contributed by atoms with E-state index in [0.29, 0.717) is 19.5 Å². The third-order valence-electron chi connectivity index (χ3n) is 3.70. The fraction of sp³-hybridized carbons (Fsp3) is 0.389. The second kappa shape index (κ2) is 8.58. The van der Waals surface area contributed by atoms with Gasteiger partial charge in [0.2, 0.25) is 5.91 Å². The van der Waals surface area contributed by atoms with Gasteiger partial charge in [-0.3, -0.25) is 4.79 Å². The van der Waals surface area contributed by atoms with Crippen molar-refractivity contribution in [2.75, 3.05) is 20.8 Å². The summed E-state index contributed by atoms with van der Waals surface area (Å²) in [6.07, 6.45) is 1.31. The van der Waals surface area contributed by atoms with Crippen LogP contribution in [0.1, 0.15) is 23.8 Å². The van der Waals surface area contributed by atoms with Crippen LogP contribution >= 0.6 is 11.3 Å². The molecular formula is C18H23NO3S. The number of ether oxygens (including phenoxy) is 2. The summed E-state index contributed by atoms with van der Waals surface area (Å²) in [6, 6.07) is 9.97. The van der Waals surface area contributed by atoms with Gasteiger partial charge in [0, 0.05) is 17.8 Å². The van der Waals surface area contributed by atoms with Crippen molar-refractivity contribution in [2.24, 2.45) is 0 Å². The molecule has 1 amide bonds. The van der Waals surface area contributed by atoms with Crippen molar-refractivity contribution < 1.29 is 14.3 Å². The highest BCUT2D eigenvalue weighted by Gasteiger charge is 2.13. The molecule has 0 fully saturated rings. The van der Waals surface area contributed by atoms with Crippen LogP contribution in [0.15, 0.2) is 35.7 Å². The van der Waals surface area contributed by atoms with Crippen molar-refractivity contribution >= 4 is 17.2 Å². The molecule has 0 unspecified atom stereocenters. The maximum absolute atomic E-state index is 12.2. The van der Waals surface area contributed by atoms with Crippen LogP contribution in [0.4, 0.5) is 0 Å². The Morgan fingerprint density at radius 1 is 1.17 bits per heavy atom. The maximum Gasteiger partial charge on any atom is 0.222 e. The highest BCUT2D eigenvalue weighted by atomic mass is 32.1. The largest absolute Gasteiger partial charge is 0.493 e.